The van der Waals surface area contributed by atoms with Crippen molar-refractivity contribution in [1.82, 2.24) is 24.8 Å². The fourth-order valence-corrected chi connectivity index (χ4v) is 4.13. The fourth-order valence-electron chi connectivity index (χ4n) is 4.13. The predicted octanol–water partition coefficient (Wildman–Crippen LogP) is 2.01. The van der Waals surface area contributed by atoms with E-state index >= 15 is 0 Å². The zero-order valence-electron chi connectivity index (χ0n) is 12.7. The fraction of sp³-hybridized carbons (Fsp3) is 0.625. The molecule has 2 aromatic heterocycles. The molecule has 2 saturated heterocycles. The summed E-state index contributed by atoms with van der Waals surface area (Å²) in [6.07, 6.45) is 7.28. The highest BCUT2D eigenvalue weighted by molar-refractivity contribution is 5.37. The van der Waals surface area contributed by atoms with Crippen LogP contribution in [0.4, 0.5) is 0 Å². The van der Waals surface area contributed by atoms with Crippen molar-refractivity contribution in [3.63, 3.8) is 0 Å². The van der Waals surface area contributed by atoms with Gasteiger partial charge in [0, 0.05) is 24.3 Å². The Morgan fingerprint density at radius 2 is 1.95 bits per heavy atom. The van der Waals surface area contributed by atoms with Crippen molar-refractivity contribution >= 4 is 5.65 Å². The smallest absolute Gasteiger partial charge is 0.160 e. The van der Waals surface area contributed by atoms with Crippen LogP contribution in [0.5, 0.6) is 0 Å². The number of hydrogen-bond donors (Lipinski definition) is 1. The van der Waals surface area contributed by atoms with Crippen molar-refractivity contribution in [3.05, 3.63) is 30.2 Å². The Balaban J connectivity index is 1.50. The number of nitrogens with one attached hydrogen (secondary N) is 1. The van der Waals surface area contributed by atoms with Crippen LogP contribution < -0.4 is 5.32 Å². The number of piperidine rings is 1. The second kappa shape index (κ2) is 5.07. The second-order valence-corrected chi connectivity index (χ2v) is 6.59. The quantitative estimate of drug-likeness (QED) is 0.937. The number of aromatic nitrogens is 3. The van der Waals surface area contributed by atoms with Gasteiger partial charge in [0.2, 0.25) is 0 Å². The van der Waals surface area contributed by atoms with Gasteiger partial charge in [0.25, 0.3) is 0 Å². The summed E-state index contributed by atoms with van der Waals surface area (Å²) < 4.78 is 2.08. The molecule has 4 rings (SSSR count). The second-order valence-electron chi connectivity index (χ2n) is 6.59. The third-order valence-corrected chi connectivity index (χ3v) is 5.31. The van der Waals surface area contributed by atoms with Crippen LogP contribution in [0.25, 0.3) is 5.65 Å². The highest BCUT2D eigenvalue weighted by atomic mass is 15.3. The molecule has 2 aliphatic rings. The summed E-state index contributed by atoms with van der Waals surface area (Å²) in [6, 6.07) is 8.40. The van der Waals surface area contributed by atoms with E-state index in [-0.39, 0.29) is 6.04 Å². The minimum absolute atomic E-state index is 0.232. The van der Waals surface area contributed by atoms with Gasteiger partial charge in [-0.2, -0.15) is 0 Å². The molecule has 112 valence electrons. The summed E-state index contributed by atoms with van der Waals surface area (Å²) in [4.78, 5) is 2.58. The molecule has 21 heavy (non-hydrogen) atoms. The monoisotopic (exact) mass is 285 g/mol. The Hall–Kier alpha value is -1.46. The van der Waals surface area contributed by atoms with Crippen molar-refractivity contribution in [1.29, 1.82) is 0 Å². The summed E-state index contributed by atoms with van der Waals surface area (Å²) in [7, 11) is 2.29. The van der Waals surface area contributed by atoms with Crippen molar-refractivity contribution in [3.8, 4) is 0 Å². The Bertz CT molecular complexity index is 622. The van der Waals surface area contributed by atoms with Gasteiger partial charge in [0.1, 0.15) is 0 Å². The molecule has 2 aromatic rings. The molecule has 0 saturated carbocycles. The molecule has 2 fully saturated rings. The first-order valence-corrected chi connectivity index (χ1v) is 8.00. The van der Waals surface area contributed by atoms with Gasteiger partial charge in [-0.05, 0) is 51.8 Å². The third-order valence-electron chi connectivity index (χ3n) is 5.31. The molecular formula is C16H23N5. The maximum atomic E-state index is 4.37. The first-order valence-electron chi connectivity index (χ1n) is 8.00. The molecular weight excluding hydrogens is 262 g/mol. The van der Waals surface area contributed by atoms with E-state index in [1.807, 2.05) is 24.4 Å². The predicted molar refractivity (Wildman–Crippen MR) is 82.1 cm³/mol. The van der Waals surface area contributed by atoms with Crippen LogP contribution in [-0.4, -0.2) is 44.7 Å². The third kappa shape index (κ3) is 2.24. The van der Waals surface area contributed by atoms with Gasteiger partial charge in [-0.1, -0.05) is 6.07 Å². The number of pyridine rings is 1. The van der Waals surface area contributed by atoms with Gasteiger partial charge < -0.3 is 10.2 Å². The van der Waals surface area contributed by atoms with Gasteiger partial charge >= 0.3 is 0 Å². The molecule has 5 heteroatoms. The van der Waals surface area contributed by atoms with Crippen LogP contribution >= 0.6 is 0 Å². The van der Waals surface area contributed by atoms with E-state index in [0.717, 1.165) is 23.6 Å². The molecule has 0 radical (unpaired) electrons. The Morgan fingerprint density at radius 3 is 2.71 bits per heavy atom. The highest BCUT2D eigenvalue weighted by Crippen LogP contribution is 2.34. The first-order chi connectivity index (χ1) is 10.2. The van der Waals surface area contributed by atoms with E-state index in [1.54, 1.807) is 0 Å². The van der Waals surface area contributed by atoms with Gasteiger partial charge in [-0.25, -0.2) is 0 Å². The average Bonchev–Trinajstić information content (AvgIpc) is 2.98. The van der Waals surface area contributed by atoms with Crippen LogP contribution in [0.2, 0.25) is 0 Å². The SMILES string of the molecule is CC(NC1CC2CCC(C1)N2C)c1nnc2ccccn12. The van der Waals surface area contributed by atoms with Crippen LogP contribution in [0.3, 0.4) is 0 Å². The summed E-state index contributed by atoms with van der Waals surface area (Å²) in [5.74, 6) is 1.01. The first kappa shape index (κ1) is 13.2. The highest BCUT2D eigenvalue weighted by Gasteiger charge is 2.38. The molecule has 4 heterocycles. The molecule has 0 aliphatic carbocycles. The van der Waals surface area contributed by atoms with E-state index in [2.05, 4.69) is 38.8 Å². The van der Waals surface area contributed by atoms with Gasteiger partial charge in [0.05, 0.1) is 6.04 Å². The number of fused-ring (bicyclic) bond motifs is 3. The Labute approximate surface area is 125 Å². The summed E-state index contributed by atoms with van der Waals surface area (Å²) >= 11 is 0. The van der Waals surface area contributed by atoms with Crippen molar-refractivity contribution in [2.45, 2.75) is 56.8 Å². The van der Waals surface area contributed by atoms with Gasteiger partial charge in [0.15, 0.2) is 11.5 Å². The minimum atomic E-state index is 0.232. The molecule has 2 bridgehead atoms. The molecule has 5 nitrogen and oxygen atoms in total. The molecule has 0 aromatic carbocycles. The van der Waals surface area contributed by atoms with Gasteiger partial charge in [-0.15, -0.1) is 10.2 Å². The van der Waals surface area contributed by atoms with E-state index in [4.69, 9.17) is 0 Å². The summed E-state index contributed by atoms with van der Waals surface area (Å²) in [5, 5.41) is 12.4. The van der Waals surface area contributed by atoms with Crippen LogP contribution in [0.15, 0.2) is 24.4 Å². The zero-order valence-corrected chi connectivity index (χ0v) is 12.7. The molecule has 3 atom stereocenters. The number of nitrogens with zero attached hydrogens (tertiary/aromatic N) is 4. The molecule has 0 spiro atoms. The minimum Gasteiger partial charge on any atom is -0.305 e. The maximum absolute atomic E-state index is 4.37. The van der Waals surface area contributed by atoms with Crippen molar-refractivity contribution in [2.24, 2.45) is 0 Å². The average molecular weight is 285 g/mol. The Morgan fingerprint density at radius 1 is 1.19 bits per heavy atom. The summed E-state index contributed by atoms with van der Waals surface area (Å²) in [5.41, 5.74) is 0.921. The largest absolute Gasteiger partial charge is 0.305 e. The van der Waals surface area contributed by atoms with E-state index in [1.165, 1.54) is 25.7 Å². The van der Waals surface area contributed by atoms with Crippen molar-refractivity contribution < 1.29 is 0 Å². The summed E-state index contributed by atoms with van der Waals surface area (Å²) in [6.45, 7) is 2.20. The van der Waals surface area contributed by atoms with Crippen molar-refractivity contribution in [2.75, 3.05) is 7.05 Å². The van der Waals surface area contributed by atoms with Crippen LogP contribution in [0.1, 0.15) is 44.5 Å². The lowest BCUT2D eigenvalue weighted by Crippen LogP contribution is -2.47. The van der Waals surface area contributed by atoms with Crippen LogP contribution in [0, 0.1) is 0 Å². The number of rotatable bonds is 3. The molecule has 3 unspecified atom stereocenters. The lowest BCUT2D eigenvalue weighted by Gasteiger charge is -2.37. The van der Waals surface area contributed by atoms with Gasteiger partial charge in [-0.3, -0.25) is 4.40 Å². The normalized spacial score (nSPS) is 30.9. The lowest BCUT2D eigenvalue weighted by atomic mass is 9.97. The maximum Gasteiger partial charge on any atom is 0.160 e. The standard InChI is InChI=1S/C16H23N5/c1-11(16-19-18-15-5-3-4-8-21(15)16)17-12-9-13-6-7-14(10-12)20(13)2/h3-5,8,11-14,17H,6-7,9-10H2,1-2H3. The topological polar surface area (TPSA) is 45.5 Å². The van der Waals surface area contributed by atoms with Crippen LogP contribution in [-0.2, 0) is 0 Å². The zero-order chi connectivity index (χ0) is 14.4. The van der Waals surface area contributed by atoms with E-state index in [9.17, 15) is 0 Å². The molecule has 2 aliphatic heterocycles. The molecule has 1 N–H and O–H groups in total. The lowest BCUT2D eigenvalue weighted by molar-refractivity contribution is 0.143. The molecule has 0 amide bonds. The van der Waals surface area contributed by atoms with E-state index in [0.29, 0.717) is 6.04 Å². The Kier molecular flexibility index (Phi) is 3.19. The number of hydrogen-bond acceptors (Lipinski definition) is 4. The van der Waals surface area contributed by atoms with E-state index < -0.39 is 0 Å².